The minimum Gasteiger partial charge on any atom is -0.471 e. The van der Waals surface area contributed by atoms with Gasteiger partial charge in [-0.25, -0.2) is 19.9 Å². The third-order valence-corrected chi connectivity index (χ3v) is 6.38. The number of hydrogen-bond donors (Lipinski definition) is 0. The van der Waals surface area contributed by atoms with E-state index in [0.29, 0.717) is 29.6 Å². The van der Waals surface area contributed by atoms with Crippen LogP contribution >= 0.6 is 0 Å². The van der Waals surface area contributed by atoms with Gasteiger partial charge in [0.15, 0.2) is 11.5 Å². The topological polar surface area (TPSA) is 81.1 Å². The van der Waals surface area contributed by atoms with Gasteiger partial charge in [0.2, 0.25) is 5.88 Å². The number of aromatic nitrogens is 4. The molecule has 2 fully saturated rings. The molecule has 0 radical (unpaired) electrons. The molecule has 2 aliphatic rings. The molecule has 1 aromatic carbocycles. The van der Waals surface area contributed by atoms with Gasteiger partial charge in [0.05, 0.1) is 24.0 Å². The van der Waals surface area contributed by atoms with Crippen LogP contribution in [0.1, 0.15) is 35.8 Å². The van der Waals surface area contributed by atoms with Crippen molar-refractivity contribution >= 4 is 5.91 Å². The summed E-state index contributed by atoms with van der Waals surface area (Å²) < 4.78 is 44.1. The van der Waals surface area contributed by atoms with Gasteiger partial charge in [-0.2, -0.15) is 13.2 Å². The average molecular weight is 455 g/mol. The van der Waals surface area contributed by atoms with Gasteiger partial charge in [0.1, 0.15) is 6.10 Å². The van der Waals surface area contributed by atoms with Crippen molar-refractivity contribution in [2.24, 2.45) is 5.92 Å². The molecule has 5 rings (SSSR count). The van der Waals surface area contributed by atoms with E-state index < -0.39 is 11.9 Å². The van der Waals surface area contributed by atoms with E-state index >= 15 is 0 Å². The molecule has 3 unspecified atom stereocenters. The first-order chi connectivity index (χ1) is 15.8. The lowest BCUT2D eigenvalue weighted by Gasteiger charge is -2.38. The second kappa shape index (κ2) is 8.09. The molecule has 7 nitrogen and oxygen atoms in total. The summed E-state index contributed by atoms with van der Waals surface area (Å²) in [6.07, 6.45) is 1.40. The summed E-state index contributed by atoms with van der Waals surface area (Å²) in [4.78, 5) is 31.2. The first kappa shape index (κ1) is 21.3. The van der Waals surface area contributed by atoms with Gasteiger partial charge in [-0.05, 0) is 37.8 Å². The number of halogens is 3. The van der Waals surface area contributed by atoms with Crippen LogP contribution in [0.15, 0.2) is 55.1 Å². The van der Waals surface area contributed by atoms with Crippen molar-refractivity contribution in [2.75, 3.05) is 0 Å². The number of piperidine rings is 1. The zero-order valence-electron chi connectivity index (χ0n) is 17.6. The van der Waals surface area contributed by atoms with Gasteiger partial charge in [-0.3, -0.25) is 4.79 Å². The molecule has 3 aromatic rings. The van der Waals surface area contributed by atoms with Crippen molar-refractivity contribution in [3.63, 3.8) is 0 Å². The zero-order chi connectivity index (χ0) is 23.2. The summed E-state index contributed by atoms with van der Waals surface area (Å²) in [5, 5.41) is 0. The lowest BCUT2D eigenvalue weighted by atomic mass is 9.97. The summed E-state index contributed by atoms with van der Waals surface area (Å²) in [7, 11) is 0. The summed E-state index contributed by atoms with van der Waals surface area (Å²) in [6.45, 7) is 2.01. The monoisotopic (exact) mass is 455 g/mol. The Labute approximate surface area is 187 Å². The standard InChI is InChI=1S/C23H20F3N5O2/c1-13-14-9-17(18(10-14)33-20-12-29-19(11-30-20)23(24,25)26)31(13)22(32)16-6-3-2-5-15(16)21-27-7-4-8-28-21/h2-8,11-14,17-18H,9-10H2,1H3/t13?,14?,17?,18-/m0/s1. The van der Waals surface area contributed by atoms with Gasteiger partial charge >= 0.3 is 6.18 Å². The molecule has 4 atom stereocenters. The third kappa shape index (κ3) is 3.90. The quantitative estimate of drug-likeness (QED) is 0.591. The molecule has 33 heavy (non-hydrogen) atoms. The molecule has 10 heteroatoms. The van der Waals surface area contributed by atoms with Crippen LogP contribution in [-0.2, 0) is 6.18 Å². The highest BCUT2D eigenvalue weighted by atomic mass is 19.4. The number of amides is 1. The van der Waals surface area contributed by atoms with E-state index in [4.69, 9.17) is 4.74 Å². The molecule has 1 saturated heterocycles. The highest BCUT2D eigenvalue weighted by Crippen LogP contribution is 2.45. The van der Waals surface area contributed by atoms with Crippen LogP contribution in [0.25, 0.3) is 11.4 Å². The number of carbonyl (C=O) groups excluding carboxylic acids is 1. The number of alkyl halides is 3. The van der Waals surface area contributed by atoms with E-state index in [2.05, 4.69) is 19.9 Å². The predicted molar refractivity (Wildman–Crippen MR) is 111 cm³/mol. The maximum absolute atomic E-state index is 13.7. The molecule has 1 aliphatic heterocycles. The number of ether oxygens (including phenoxy) is 1. The lowest BCUT2D eigenvalue weighted by molar-refractivity contribution is -0.141. The fraction of sp³-hybridized carbons (Fsp3) is 0.348. The maximum atomic E-state index is 13.7. The average Bonchev–Trinajstić information content (AvgIpc) is 3.36. The molecule has 2 aromatic heterocycles. The van der Waals surface area contributed by atoms with Gasteiger partial charge in [-0.1, -0.05) is 18.2 Å². The zero-order valence-corrected chi connectivity index (χ0v) is 17.6. The molecule has 2 bridgehead atoms. The fourth-order valence-corrected chi connectivity index (χ4v) is 4.81. The SMILES string of the molecule is CC1C2CC([C@@H](Oc3cnc(C(F)(F)F)cn3)C2)N1C(=O)c1ccccc1-c1ncccn1. The smallest absolute Gasteiger partial charge is 0.434 e. The molecule has 3 heterocycles. The third-order valence-electron chi connectivity index (χ3n) is 6.38. The van der Waals surface area contributed by atoms with E-state index in [9.17, 15) is 18.0 Å². The van der Waals surface area contributed by atoms with Crippen molar-refractivity contribution < 1.29 is 22.7 Å². The fourth-order valence-electron chi connectivity index (χ4n) is 4.81. The van der Waals surface area contributed by atoms with Crippen LogP contribution < -0.4 is 4.74 Å². The molecule has 1 aliphatic carbocycles. The van der Waals surface area contributed by atoms with E-state index in [-0.39, 0.29) is 35.9 Å². The Kier molecular flexibility index (Phi) is 5.22. The number of likely N-dealkylation sites (tertiary alicyclic amines) is 1. The molecule has 1 amide bonds. The highest BCUT2D eigenvalue weighted by molar-refractivity contribution is 6.00. The number of benzene rings is 1. The first-order valence-corrected chi connectivity index (χ1v) is 10.6. The van der Waals surface area contributed by atoms with Crippen LogP contribution in [0.2, 0.25) is 0 Å². The Bertz CT molecular complexity index is 1160. The van der Waals surface area contributed by atoms with E-state index in [1.54, 1.807) is 30.6 Å². The van der Waals surface area contributed by atoms with Gasteiger partial charge in [-0.15, -0.1) is 0 Å². The second-order valence-electron chi connectivity index (χ2n) is 8.26. The molecule has 0 spiro atoms. The Hall–Kier alpha value is -3.56. The van der Waals surface area contributed by atoms with Crippen molar-refractivity contribution in [1.29, 1.82) is 0 Å². The van der Waals surface area contributed by atoms with Gasteiger partial charge < -0.3 is 9.64 Å². The van der Waals surface area contributed by atoms with Crippen molar-refractivity contribution in [1.82, 2.24) is 24.8 Å². The van der Waals surface area contributed by atoms with Gasteiger partial charge in [0, 0.05) is 24.0 Å². The summed E-state index contributed by atoms with van der Waals surface area (Å²) in [5.74, 6) is 0.557. The Morgan fingerprint density at radius 2 is 1.79 bits per heavy atom. The Balaban J connectivity index is 1.39. The number of fused-ring (bicyclic) bond motifs is 2. The van der Waals surface area contributed by atoms with Gasteiger partial charge in [0.25, 0.3) is 5.91 Å². The lowest BCUT2D eigenvalue weighted by Crippen LogP contribution is -2.51. The van der Waals surface area contributed by atoms with E-state index in [1.165, 1.54) is 0 Å². The van der Waals surface area contributed by atoms with Crippen molar-refractivity contribution in [3.8, 4) is 17.3 Å². The largest absolute Gasteiger partial charge is 0.471 e. The highest BCUT2D eigenvalue weighted by Gasteiger charge is 2.53. The number of nitrogens with zero attached hydrogens (tertiary/aromatic N) is 5. The van der Waals surface area contributed by atoms with Crippen molar-refractivity contribution in [2.45, 2.75) is 44.1 Å². The first-order valence-electron chi connectivity index (χ1n) is 10.6. The van der Waals surface area contributed by atoms with Crippen molar-refractivity contribution in [3.05, 3.63) is 66.4 Å². The minimum atomic E-state index is -4.56. The molecular weight excluding hydrogens is 435 g/mol. The van der Waals surface area contributed by atoms with Crippen LogP contribution in [0.5, 0.6) is 5.88 Å². The molecule has 1 saturated carbocycles. The Morgan fingerprint density at radius 1 is 1.03 bits per heavy atom. The Morgan fingerprint density at radius 3 is 2.45 bits per heavy atom. The van der Waals surface area contributed by atoms with E-state index in [1.807, 2.05) is 24.0 Å². The maximum Gasteiger partial charge on any atom is 0.434 e. The van der Waals surface area contributed by atoms with Crippen LogP contribution in [0, 0.1) is 5.92 Å². The number of hydrogen-bond acceptors (Lipinski definition) is 6. The number of rotatable bonds is 4. The molecule has 170 valence electrons. The van der Waals surface area contributed by atoms with E-state index in [0.717, 1.165) is 12.6 Å². The minimum absolute atomic E-state index is 0.00536. The van der Waals surface area contributed by atoms with Crippen LogP contribution in [0.3, 0.4) is 0 Å². The second-order valence-corrected chi connectivity index (χ2v) is 8.26. The predicted octanol–water partition coefficient (Wildman–Crippen LogP) is 4.02. The normalized spacial score (nSPS) is 24.2. The van der Waals surface area contributed by atoms with Crippen LogP contribution in [0.4, 0.5) is 13.2 Å². The number of carbonyl (C=O) groups is 1. The summed E-state index contributed by atoms with van der Waals surface area (Å²) >= 11 is 0. The van der Waals surface area contributed by atoms with Crippen LogP contribution in [-0.4, -0.2) is 48.9 Å². The molecular formula is C23H20F3N5O2. The summed E-state index contributed by atoms with van der Waals surface area (Å²) in [6, 6.07) is 8.69. The summed E-state index contributed by atoms with van der Waals surface area (Å²) in [5.41, 5.74) is 0.0632. The molecule has 0 N–H and O–H groups in total.